The van der Waals surface area contributed by atoms with Gasteiger partial charge in [-0.2, -0.15) is 0 Å². The quantitative estimate of drug-likeness (QED) is 0.665. The third kappa shape index (κ3) is 5.27. The van der Waals surface area contributed by atoms with Gasteiger partial charge in [0.1, 0.15) is 0 Å². The van der Waals surface area contributed by atoms with Gasteiger partial charge in [-0.3, -0.25) is 0 Å². The van der Waals surface area contributed by atoms with Crippen LogP contribution in [-0.2, 0) is 4.74 Å². The fourth-order valence-electron chi connectivity index (χ4n) is 1.45. The minimum atomic E-state index is -0.292. The smallest absolute Gasteiger partial charge is 0.0831 e. The minimum absolute atomic E-state index is 0.0269. The first kappa shape index (κ1) is 12.9. The average molecular weight is 188 g/mol. The molecule has 2 nitrogen and oxygen atoms in total. The van der Waals surface area contributed by atoms with Crippen LogP contribution in [0.2, 0.25) is 0 Å². The van der Waals surface area contributed by atoms with Crippen molar-refractivity contribution in [3.8, 4) is 0 Å². The molecule has 0 aliphatic carbocycles. The highest BCUT2D eigenvalue weighted by atomic mass is 16.5. The molecule has 80 valence electrons. The zero-order chi connectivity index (χ0) is 10.3. The standard InChI is InChI=1S/C11H24O2/c1-5-9(4)8-10(12)11(6-2)13-7-3/h9-12H,5-8H2,1-4H3. The summed E-state index contributed by atoms with van der Waals surface area (Å²) in [6.45, 7) is 9.04. The van der Waals surface area contributed by atoms with Crippen LogP contribution in [0.4, 0.5) is 0 Å². The Hall–Kier alpha value is -0.0800. The van der Waals surface area contributed by atoms with Gasteiger partial charge in [0.25, 0.3) is 0 Å². The molecule has 0 rings (SSSR count). The topological polar surface area (TPSA) is 29.5 Å². The van der Waals surface area contributed by atoms with Crippen molar-refractivity contribution >= 4 is 0 Å². The lowest BCUT2D eigenvalue weighted by atomic mass is 9.97. The molecule has 0 aromatic heterocycles. The molecule has 0 saturated carbocycles. The van der Waals surface area contributed by atoms with E-state index >= 15 is 0 Å². The van der Waals surface area contributed by atoms with Gasteiger partial charge in [-0.05, 0) is 25.7 Å². The van der Waals surface area contributed by atoms with E-state index in [0.29, 0.717) is 12.5 Å². The third-order valence-electron chi connectivity index (χ3n) is 2.55. The minimum Gasteiger partial charge on any atom is -0.390 e. The molecule has 3 atom stereocenters. The second-order valence-corrected chi connectivity index (χ2v) is 3.72. The number of hydrogen-bond donors (Lipinski definition) is 1. The lowest BCUT2D eigenvalue weighted by molar-refractivity contribution is -0.0426. The van der Waals surface area contributed by atoms with E-state index in [1.165, 1.54) is 0 Å². The second-order valence-electron chi connectivity index (χ2n) is 3.72. The molecule has 0 aromatic carbocycles. The lowest BCUT2D eigenvalue weighted by Gasteiger charge is -2.23. The zero-order valence-corrected chi connectivity index (χ0v) is 9.42. The first-order valence-corrected chi connectivity index (χ1v) is 5.45. The van der Waals surface area contributed by atoms with Gasteiger partial charge in [0.2, 0.25) is 0 Å². The van der Waals surface area contributed by atoms with Crippen molar-refractivity contribution < 1.29 is 9.84 Å². The van der Waals surface area contributed by atoms with Crippen LogP contribution in [0.25, 0.3) is 0 Å². The molecule has 3 unspecified atom stereocenters. The average Bonchev–Trinajstić information content (AvgIpc) is 2.13. The van der Waals surface area contributed by atoms with E-state index in [9.17, 15) is 5.11 Å². The molecule has 0 aromatic rings. The summed E-state index contributed by atoms with van der Waals surface area (Å²) in [7, 11) is 0. The van der Waals surface area contributed by atoms with E-state index in [1.807, 2.05) is 6.92 Å². The molecule has 0 saturated heterocycles. The highest BCUT2D eigenvalue weighted by Gasteiger charge is 2.19. The molecule has 2 heteroatoms. The van der Waals surface area contributed by atoms with Gasteiger partial charge in [0.15, 0.2) is 0 Å². The predicted molar refractivity (Wildman–Crippen MR) is 55.8 cm³/mol. The molecule has 0 aliphatic rings. The van der Waals surface area contributed by atoms with Crippen LogP contribution in [-0.4, -0.2) is 23.9 Å². The number of ether oxygens (including phenoxy) is 1. The van der Waals surface area contributed by atoms with E-state index in [4.69, 9.17) is 4.74 Å². The fraction of sp³-hybridized carbons (Fsp3) is 1.00. The maximum atomic E-state index is 9.82. The van der Waals surface area contributed by atoms with E-state index < -0.39 is 0 Å². The Bertz CT molecular complexity index is 115. The summed E-state index contributed by atoms with van der Waals surface area (Å²) < 4.78 is 5.45. The van der Waals surface area contributed by atoms with Crippen molar-refractivity contribution in [2.24, 2.45) is 5.92 Å². The highest BCUT2D eigenvalue weighted by molar-refractivity contribution is 4.69. The Kier molecular flexibility index (Phi) is 7.29. The fourth-order valence-corrected chi connectivity index (χ4v) is 1.45. The van der Waals surface area contributed by atoms with Crippen molar-refractivity contribution in [3.63, 3.8) is 0 Å². The van der Waals surface area contributed by atoms with Gasteiger partial charge in [0.05, 0.1) is 12.2 Å². The third-order valence-corrected chi connectivity index (χ3v) is 2.55. The Morgan fingerprint density at radius 3 is 2.15 bits per heavy atom. The molecule has 0 aliphatic heterocycles. The number of aliphatic hydroxyl groups is 1. The molecule has 0 fully saturated rings. The van der Waals surface area contributed by atoms with Gasteiger partial charge in [-0.15, -0.1) is 0 Å². The zero-order valence-electron chi connectivity index (χ0n) is 9.42. The van der Waals surface area contributed by atoms with Crippen LogP contribution in [0, 0.1) is 5.92 Å². The van der Waals surface area contributed by atoms with Crippen molar-refractivity contribution in [1.82, 2.24) is 0 Å². The molecule has 0 radical (unpaired) electrons. The van der Waals surface area contributed by atoms with Crippen LogP contribution >= 0.6 is 0 Å². The summed E-state index contributed by atoms with van der Waals surface area (Å²) in [5.74, 6) is 0.588. The molecular formula is C11H24O2. The molecule has 1 N–H and O–H groups in total. The van der Waals surface area contributed by atoms with Crippen molar-refractivity contribution in [1.29, 1.82) is 0 Å². The van der Waals surface area contributed by atoms with Gasteiger partial charge in [-0.25, -0.2) is 0 Å². The summed E-state index contributed by atoms with van der Waals surface area (Å²) in [6.07, 6.45) is 2.61. The van der Waals surface area contributed by atoms with E-state index in [2.05, 4.69) is 20.8 Å². The summed E-state index contributed by atoms with van der Waals surface area (Å²) in [5.41, 5.74) is 0. The van der Waals surface area contributed by atoms with Crippen LogP contribution in [0.3, 0.4) is 0 Å². The van der Waals surface area contributed by atoms with Crippen molar-refractivity contribution in [2.75, 3.05) is 6.61 Å². The number of rotatable bonds is 7. The van der Waals surface area contributed by atoms with Crippen LogP contribution in [0.15, 0.2) is 0 Å². The Morgan fingerprint density at radius 2 is 1.77 bits per heavy atom. The molecular weight excluding hydrogens is 164 g/mol. The molecule has 13 heavy (non-hydrogen) atoms. The maximum Gasteiger partial charge on any atom is 0.0831 e. The first-order chi connectivity index (χ1) is 6.15. The van der Waals surface area contributed by atoms with Gasteiger partial charge in [0, 0.05) is 6.61 Å². The Balaban J connectivity index is 3.82. The number of aliphatic hydroxyl groups excluding tert-OH is 1. The lowest BCUT2D eigenvalue weighted by Crippen LogP contribution is -2.30. The molecule has 0 spiro atoms. The van der Waals surface area contributed by atoms with Crippen molar-refractivity contribution in [3.05, 3.63) is 0 Å². The van der Waals surface area contributed by atoms with Gasteiger partial charge >= 0.3 is 0 Å². The largest absolute Gasteiger partial charge is 0.390 e. The van der Waals surface area contributed by atoms with Crippen LogP contribution < -0.4 is 0 Å². The van der Waals surface area contributed by atoms with Gasteiger partial charge in [-0.1, -0.05) is 27.2 Å². The SMILES string of the molecule is CCOC(CC)C(O)CC(C)CC. The predicted octanol–water partition coefficient (Wildman–Crippen LogP) is 2.60. The Labute approximate surface area is 82.3 Å². The van der Waals surface area contributed by atoms with Gasteiger partial charge < -0.3 is 9.84 Å². The second kappa shape index (κ2) is 7.34. The first-order valence-electron chi connectivity index (χ1n) is 5.45. The molecule has 0 heterocycles. The summed E-state index contributed by atoms with van der Waals surface area (Å²) >= 11 is 0. The van der Waals surface area contributed by atoms with E-state index in [1.54, 1.807) is 0 Å². The highest BCUT2D eigenvalue weighted by Crippen LogP contribution is 2.15. The Morgan fingerprint density at radius 1 is 1.15 bits per heavy atom. The summed E-state index contributed by atoms with van der Waals surface area (Å²) in [5, 5.41) is 9.82. The number of hydrogen-bond acceptors (Lipinski definition) is 2. The van der Waals surface area contributed by atoms with Crippen LogP contribution in [0.1, 0.15) is 47.0 Å². The monoisotopic (exact) mass is 188 g/mol. The summed E-state index contributed by atoms with van der Waals surface area (Å²) in [4.78, 5) is 0. The van der Waals surface area contributed by atoms with Crippen molar-refractivity contribution in [2.45, 2.75) is 59.2 Å². The van der Waals surface area contributed by atoms with E-state index in [0.717, 1.165) is 19.3 Å². The molecule has 0 amide bonds. The van der Waals surface area contributed by atoms with Crippen LogP contribution in [0.5, 0.6) is 0 Å². The summed E-state index contributed by atoms with van der Waals surface area (Å²) in [6, 6.07) is 0. The molecule has 0 bridgehead atoms. The van der Waals surface area contributed by atoms with E-state index in [-0.39, 0.29) is 12.2 Å². The maximum absolute atomic E-state index is 9.82. The normalized spacial score (nSPS) is 18.2.